The van der Waals surface area contributed by atoms with Crippen LogP contribution >= 0.6 is 0 Å². The molecule has 0 unspecified atom stereocenters. The fourth-order valence-electron chi connectivity index (χ4n) is 1.96. The highest BCUT2D eigenvalue weighted by Crippen LogP contribution is 2.27. The zero-order chi connectivity index (χ0) is 13.4. The summed E-state index contributed by atoms with van der Waals surface area (Å²) in [5.74, 6) is 1.97. The van der Waals surface area contributed by atoms with Crippen molar-refractivity contribution in [3.63, 3.8) is 0 Å². The van der Waals surface area contributed by atoms with Crippen LogP contribution in [0.2, 0.25) is 0 Å². The van der Waals surface area contributed by atoms with Crippen LogP contribution in [0.1, 0.15) is 11.7 Å². The number of anilines is 1. The number of fused-ring (bicyclic) bond motifs is 1. The van der Waals surface area contributed by atoms with Crippen molar-refractivity contribution in [2.24, 2.45) is 0 Å². The van der Waals surface area contributed by atoms with Crippen LogP contribution < -0.4 is 5.32 Å². The minimum Gasteiger partial charge on any atom is -0.441 e. The molecular formula is C13H13N5O. The van der Waals surface area contributed by atoms with Crippen LogP contribution in [0.4, 0.5) is 5.82 Å². The number of hydrogen-bond donors (Lipinski definition) is 1. The van der Waals surface area contributed by atoms with E-state index in [0.29, 0.717) is 23.2 Å². The van der Waals surface area contributed by atoms with Gasteiger partial charge in [-0.25, -0.2) is 9.97 Å². The highest BCUT2D eigenvalue weighted by atomic mass is 16.3. The molecule has 0 saturated carbocycles. The summed E-state index contributed by atoms with van der Waals surface area (Å²) >= 11 is 0. The molecule has 0 amide bonds. The molecule has 0 fully saturated rings. The van der Waals surface area contributed by atoms with Crippen molar-refractivity contribution < 1.29 is 4.42 Å². The van der Waals surface area contributed by atoms with Gasteiger partial charge in [0.15, 0.2) is 17.3 Å². The van der Waals surface area contributed by atoms with E-state index in [9.17, 15) is 0 Å². The molecule has 96 valence electrons. The SMILES string of the molecule is CNc1nc(C)nnc1-c1ccc2nc(C)oc2c1. The molecule has 0 atom stereocenters. The second-order valence-corrected chi connectivity index (χ2v) is 4.22. The summed E-state index contributed by atoms with van der Waals surface area (Å²) in [6, 6.07) is 5.74. The Morgan fingerprint density at radius 1 is 1.11 bits per heavy atom. The van der Waals surface area contributed by atoms with E-state index >= 15 is 0 Å². The molecule has 19 heavy (non-hydrogen) atoms. The molecule has 6 nitrogen and oxygen atoms in total. The maximum absolute atomic E-state index is 5.53. The second kappa shape index (κ2) is 4.31. The summed E-state index contributed by atoms with van der Waals surface area (Å²) in [5, 5.41) is 11.2. The van der Waals surface area contributed by atoms with E-state index in [0.717, 1.165) is 16.7 Å². The van der Waals surface area contributed by atoms with Crippen LogP contribution in [0.3, 0.4) is 0 Å². The van der Waals surface area contributed by atoms with Crippen LogP contribution in [0.15, 0.2) is 22.6 Å². The fraction of sp³-hybridized carbons (Fsp3) is 0.231. The third-order valence-corrected chi connectivity index (χ3v) is 2.80. The van der Waals surface area contributed by atoms with Gasteiger partial charge in [-0.3, -0.25) is 0 Å². The van der Waals surface area contributed by atoms with E-state index in [2.05, 4.69) is 25.5 Å². The van der Waals surface area contributed by atoms with Crippen molar-refractivity contribution >= 4 is 16.9 Å². The first-order valence-corrected chi connectivity index (χ1v) is 5.94. The molecule has 1 aromatic carbocycles. The summed E-state index contributed by atoms with van der Waals surface area (Å²) in [6.07, 6.45) is 0. The zero-order valence-corrected chi connectivity index (χ0v) is 10.9. The molecular weight excluding hydrogens is 242 g/mol. The maximum Gasteiger partial charge on any atom is 0.192 e. The first-order valence-electron chi connectivity index (χ1n) is 5.94. The van der Waals surface area contributed by atoms with Crippen LogP contribution in [0.25, 0.3) is 22.4 Å². The predicted octanol–water partition coefficient (Wildman–Crippen LogP) is 2.34. The van der Waals surface area contributed by atoms with Gasteiger partial charge in [0.1, 0.15) is 17.0 Å². The molecule has 2 aromatic heterocycles. The average Bonchev–Trinajstić information content (AvgIpc) is 2.77. The summed E-state index contributed by atoms with van der Waals surface area (Å²) < 4.78 is 5.53. The van der Waals surface area contributed by atoms with Gasteiger partial charge >= 0.3 is 0 Å². The minimum atomic E-state index is 0.629. The van der Waals surface area contributed by atoms with Gasteiger partial charge in [-0.15, -0.1) is 10.2 Å². The van der Waals surface area contributed by atoms with E-state index in [4.69, 9.17) is 4.42 Å². The van der Waals surface area contributed by atoms with E-state index in [-0.39, 0.29) is 0 Å². The van der Waals surface area contributed by atoms with Gasteiger partial charge in [-0.1, -0.05) is 6.07 Å². The topological polar surface area (TPSA) is 76.7 Å². The van der Waals surface area contributed by atoms with Gasteiger partial charge in [0.05, 0.1) is 0 Å². The molecule has 0 aliphatic carbocycles. The van der Waals surface area contributed by atoms with Crippen LogP contribution in [0, 0.1) is 13.8 Å². The number of hydrogen-bond acceptors (Lipinski definition) is 6. The molecule has 0 aliphatic heterocycles. The summed E-state index contributed by atoms with van der Waals surface area (Å²) in [7, 11) is 1.81. The third-order valence-electron chi connectivity index (χ3n) is 2.80. The van der Waals surface area contributed by atoms with Crippen molar-refractivity contribution in [1.29, 1.82) is 0 Å². The number of aryl methyl sites for hydroxylation is 2. The van der Waals surface area contributed by atoms with Crippen molar-refractivity contribution in [3.8, 4) is 11.3 Å². The van der Waals surface area contributed by atoms with Crippen LogP contribution in [0.5, 0.6) is 0 Å². The molecule has 0 bridgehead atoms. The number of benzene rings is 1. The number of nitrogens with zero attached hydrogens (tertiary/aromatic N) is 4. The van der Waals surface area contributed by atoms with Gasteiger partial charge in [-0.05, 0) is 19.1 Å². The highest BCUT2D eigenvalue weighted by molar-refractivity contribution is 5.82. The molecule has 0 radical (unpaired) electrons. The first kappa shape index (κ1) is 11.6. The fourth-order valence-corrected chi connectivity index (χ4v) is 1.96. The molecule has 3 aromatic rings. The Labute approximate surface area is 109 Å². The van der Waals surface area contributed by atoms with Gasteiger partial charge < -0.3 is 9.73 Å². The Morgan fingerprint density at radius 2 is 1.95 bits per heavy atom. The van der Waals surface area contributed by atoms with Gasteiger partial charge in [0, 0.05) is 19.5 Å². The number of nitrogens with one attached hydrogen (secondary N) is 1. The largest absolute Gasteiger partial charge is 0.441 e. The zero-order valence-electron chi connectivity index (χ0n) is 10.9. The molecule has 0 saturated heterocycles. The van der Waals surface area contributed by atoms with Crippen molar-refractivity contribution in [1.82, 2.24) is 20.2 Å². The summed E-state index contributed by atoms with van der Waals surface area (Å²) in [6.45, 7) is 3.63. The molecule has 0 spiro atoms. The standard InChI is InChI=1S/C13H13N5O/c1-7-15-13(14-3)12(18-17-7)9-4-5-10-11(6-9)19-8(2)16-10/h4-6H,1-3H3,(H,14,15,17). The lowest BCUT2D eigenvalue weighted by molar-refractivity contribution is 0.561. The Hall–Kier alpha value is -2.50. The maximum atomic E-state index is 5.53. The summed E-state index contributed by atoms with van der Waals surface area (Å²) in [4.78, 5) is 8.59. The number of oxazole rings is 1. The highest BCUT2D eigenvalue weighted by Gasteiger charge is 2.11. The Balaban J connectivity index is 2.18. The van der Waals surface area contributed by atoms with E-state index in [1.165, 1.54) is 0 Å². The lowest BCUT2D eigenvalue weighted by atomic mass is 10.1. The van der Waals surface area contributed by atoms with Crippen molar-refractivity contribution in [2.45, 2.75) is 13.8 Å². The molecule has 0 aliphatic rings. The second-order valence-electron chi connectivity index (χ2n) is 4.22. The van der Waals surface area contributed by atoms with Crippen LogP contribution in [-0.4, -0.2) is 27.2 Å². The normalized spacial score (nSPS) is 10.9. The lowest BCUT2D eigenvalue weighted by Crippen LogP contribution is -2.02. The van der Waals surface area contributed by atoms with E-state index in [1.54, 1.807) is 6.92 Å². The smallest absolute Gasteiger partial charge is 0.192 e. The van der Waals surface area contributed by atoms with Gasteiger partial charge in [-0.2, -0.15) is 0 Å². The first-order chi connectivity index (χ1) is 9.17. The van der Waals surface area contributed by atoms with Gasteiger partial charge in [0.2, 0.25) is 0 Å². The molecule has 2 heterocycles. The summed E-state index contributed by atoms with van der Waals surface area (Å²) in [5.41, 5.74) is 3.16. The van der Waals surface area contributed by atoms with Crippen molar-refractivity contribution in [2.75, 3.05) is 12.4 Å². The molecule has 6 heteroatoms. The van der Waals surface area contributed by atoms with E-state index < -0.39 is 0 Å². The minimum absolute atomic E-state index is 0.629. The van der Waals surface area contributed by atoms with Crippen molar-refractivity contribution in [3.05, 3.63) is 29.9 Å². The Bertz CT molecular complexity index is 750. The van der Waals surface area contributed by atoms with Gasteiger partial charge in [0.25, 0.3) is 0 Å². The Kier molecular flexibility index (Phi) is 2.63. The quantitative estimate of drug-likeness (QED) is 0.757. The number of rotatable bonds is 2. The predicted molar refractivity (Wildman–Crippen MR) is 71.9 cm³/mol. The van der Waals surface area contributed by atoms with E-state index in [1.807, 2.05) is 32.2 Å². The Morgan fingerprint density at radius 3 is 2.74 bits per heavy atom. The lowest BCUT2D eigenvalue weighted by Gasteiger charge is -2.06. The molecule has 1 N–H and O–H groups in total. The monoisotopic (exact) mass is 255 g/mol. The average molecular weight is 255 g/mol. The molecule has 3 rings (SSSR count). The number of aromatic nitrogens is 4. The third kappa shape index (κ3) is 2.01. The van der Waals surface area contributed by atoms with Crippen LogP contribution in [-0.2, 0) is 0 Å².